The highest BCUT2D eigenvalue weighted by molar-refractivity contribution is 5.98. The second kappa shape index (κ2) is 6.50. The van der Waals surface area contributed by atoms with Crippen molar-refractivity contribution in [3.8, 4) is 0 Å². The molecule has 0 aliphatic rings. The SMILES string of the molecule is NC(=O)CC(N)C(=O)Nc1ccccc1CC(=O)O. The Bertz CT molecular complexity index is 502. The second-order valence-electron chi connectivity index (χ2n) is 3.99. The van der Waals surface area contributed by atoms with Crippen LogP contribution in [0, 0.1) is 0 Å². The van der Waals surface area contributed by atoms with Crippen LogP contribution >= 0.6 is 0 Å². The summed E-state index contributed by atoms with van der Waals surface area (Å²) in [5.74, 6) is -2.28. The molecule has 102 valence electrons. The number of aliphatic carboxylic acids is 1. The summed E-state index contributed by atoms with van der Waals surface area (Å²) in [6.07, 6.45) is -0.492. The number of primary amides is 1. The van der Waals surface area contributed by atoms with Crippen molar-refractivity contribution in [3.63, 3.8) is 0 Å². The molecule has 0 radical (unpaired) electrons. The van der Waals surface area contributed by atoms with E-state index in [-0.39, 0.29) is 12.8 Å². The lowest BCUT2D eigenvalue weighted by Crippen LogP contribution is -2.39. The number of carbonyl (C=O) groups is 3. The van der Waals surface area contributed by atoms with Gasteiger partial charge in [-0.1, -0.05) is 18.2 Å². The van der Waals surface area contributed by atoms with E-state index in [1.165, 1.54) is 0 Å². The third-order valence-corrected chi connectivity index (χ3v) is 2.37. The molecule has 1 rings (SSSR count). The first-order chi connectivity index (χ1) is 8.90. The van der Waals surface area contributed by atoms with Crippen molar-refractivity contribution in [2.24, 2.45) is 11.5 Å². The standard InChI is InChI=1S/C12H15N3O4/c13-8(6-10(14)16)12(19)15-9-4-2-1-3-7(9)5-11(17)18/h1-4,8H,5-6,13H2,(H2,14,16)(H,15,19)(H,17,18). The highest BCUT2D eigenvalue weighted by Crippen LogP contribution is 2.16. The number of nitrogens with one attached hydrogen (secondary N) is 1. The number of carboxylic acid groups (broad SMARTS) is 1. The van der Waals surface area contributed by atoms with Crippen LogP contribution in [-0.4, -0.2) is 28.9 Å². The molecule has 19 heavy (non-hydrogen) atoms. The molecule has 1 aromatic carbocycles. The number of anilines is 1. The Balaban J connectivity index is 2.78. The maximum atomic E-state index is 11.7. The van der Waals surface area contributed by atoms with Gasteiger partial charge in [-0.3, -0.25) is 14.4 Å². The third kappa shape index (κ3) is 4.76. The van der Waals surface area contributed by atoms with Crippen molar-refractivity contribution in [1.82, 2.24) is 0 Å². The molecular formula is C12H15N3O4. The number of amides is 2. The molecule has 7 nitrogen and oxygen atoms in total. The van der Waals surface area contributed by atoms with Crippen LogP contribution < -0.4 is 16.8 Å². The van der Waals surface area contributed by atoms with E-state index in [0.29, 0.717) is 11.3 Å². The summed E-state index contributed by atoms with van der Waals surface area (Å²) in [7, 11) is 0. The third-order valence-electron chi connectivity index (χ3n) is 2.37. The first-order valence-corrected chi connectivity index (χ1v) is 5.54. The highest BCUT2D eigenvalue weighted by Gasteiger charge is 2.17. The van der Waals surface area contributed by atoms with E-state index in [4.69, 9.17) is 16.6 Å². The van der Waals surface area contributed by atoms with Gasteiger partial charge in [0, 0.05) is 5.69 Å². The number of carbonyl (C=O) groups excluding carboxylic acids is 2. The van der Waals surface area contributed by atoms with E-state index >= 15 is 0 Å². The minimum Gasteiger partial charge on any atom is -0.481 e. The minimum absolute atomic E-state index is 0.221. The zero-order valence-corrected chi connectivity index (χ0v) is 10.1. The molecule has 1 atom stereocenters. The van der Waals surface area contributed by atoms with Gasteiger partial charge in [-0.15, -0.1) is 0 Å². The molecule has 0 bridgehead atoms. The molecule has 0 saturated carbocycles. The lowest BCUT2D eigenvalue weighted by Gasteiger charge is -2.13. The Kier molecular flexibility index (Phi) is 5.01. The van der Waals surface area contributed by atoms with Gasteiger partial charge in [-0.25, -0.2) is 0 Å². The van der Waals surface area contributed by atoms with Crippen LogP contribution in [0.5, 0.6) is 0 Å². The fraction of sp³-hybridized carbons (Fsp3) is 0.250. The Morgan fingerprint density at radius 2 is 1.89 bits per heavy atom. The summed E-state index contributed by atoms with van der Waals surface area (Å²) >= 11 is 0. The number of nitrogens with two attached hydrogens (primary N) is 2. The first kappa shape index (κ1) is 14.7. The summed E-state index contributed by atoms with van der Waals surface area (Å²) in [6, 6.07) is 5.41. The largest absolute Gasteiger partial charge is 0.481 e. The second-order valence-corrected chi connectivity index (χ2v) is 3.99. The zero-order valence-electron chi connectivity index (χ0n) is 10.1. The van der Waals surface area contributed by atoms with Gasteiger partial charge in [0.25, 0.3) is 0 Å². The Morgan fingerprint density at radius 3 is 2.47 bits per heavy atom. The fourth-order valence-electron chi connectivity index (χ4n) is 1.49. The first-order valence-electron chi connectivity index (χ1n) is 5.54. The molecule has 1 aromatic rings. The van der Waals surface area contributed by atoms with E-state index < -0.39 is 23.8 Å². The van der Waals surface area contributed by atoms with Crippen molar-refractivity contribution < 1.29 is 19.5 Å². The minimum atomic E-state index is -1.06. The van der Waals surface area contributed by atoms with Crippen molar-refractivity contribution >= 4 is 23.5 Å². The maximum absolute atomic E-state index is 11.7. The molecule has 2 amide bonds. The van der Waals surface area contributed by atoms with Gasteiger partial charge in [0.2, 0.25) is 11.8 Å². The lowest BCUT2D eigenvalue weighted by molar-refractivity contribution is -0.136. The van der Waals surface area contributed by atoms with Gasteiger partial charge < -0.3 is 21.9 Å². The predicted octanol–water partition coefficient (Wildman–Crippen LogP) is -0.545. The van der Waals surface area contributed by atoms with Gasteiger partial charge in [0.1, 0.15) is 0 Å². The highest BCUT2D eigenvalue weighted by atomic mass is 16.4. The molecule has 1 unspecified atom stereocenters. The molecule has 0 aromatic heterocycles. The van der Waals surface area contributed by atoms with Gasteiger partial charge >= 0.3 is 5.97 Å². The number of benzene rings is 1. The van der Waals surface area contributed by atoms with Crippen LogP contribution in [0.4, 0.5) is 5.69 Å². The summed E-state index contributed by atoms with van der Waals surface area (Å²) in [6.45, 7) is 0. The van der Waals surface area contributed by atoms with Crippen LogP contribution in [0.3, 0.4) is 0 Å². The molecule has 7 heteroatoms. The summed E-state index contributed by atoms with van der Waals surface area (Å²) in [5.41, 5.74) is 11.2. The molecule has 6 N–H and O–H groups in total. The van der Waals surface area contributed by atoms with Crippen LogP contribution in [0.2, 0.25) is 0 Å². The van der Waals surface area contributed by atoms with Crippen LogP contribution in [0.1, 0.15) is 12.0 Å². The Hall–Kier alpha value is -2.41. The number of hydrogen-bond acceptors (Lipinski definition) is 4. The molecule has 0 aliphatic carbocycles. The van der Waals surface area contributed by atoms with Gasteiger partial charge in [-0.05, 0) is 11.6 Å². The van der Waals surface area contributed by atoms with Crippen LogP contribution in [0.15, 0.2) is 24.3 Å². The fourth-order valence-corrected chi connectivity index (χ4v) is 1.49. The predicted molar refractivity (Wildman–Crippen MR) is 68.2 cm³/mol. The normalized spacial score (nSPS) is 11.6. The molecular weight excluding hydrogens is 250 g/mol. The van der Waals surface area contributed by atoms with Gasteiger partial charge in [0.15, 0.2) is 0 Å². The van der Waals surface area contributed by atoms with Crippen molar-refractivity contribution in [2.45, 2.75) is 18.9 Å². The Labute approximate surface area is 109 Å². The quantitative estimate of drug-likeness (QED) is 0.547. The average Bonchev–Trinajstić information content (AvgIpc) is 2.30. The molecule has 0 fully saturated rings. The topological polar surface area (TPSA) is 136 Å². The van der Waals surface area contributed by atoms with Crippen LogP contribution in [0.25, 0.3) is 0 Å². The van der Waals surface area contributed by atoms with E-state index in [1.807, 2.05) is 0 Å². The van der Waals surface area contributed by atoms with E-state index in [0.717, 1.165) is 0 Å². The summed E-state index contributed by atoms with van der Waals surface area (Å²) < 4.78 is 0. The number of hydrogen-bond donors (Lipinski definition) is 4. The monoisotopic (exact) mass is 265 g/mol. The number of para-hydroxylation sites is 1. The van der Waals surface area contributed by atoms with Gasteiger partial charge in [0.05, 0.1) is 18.9 Å². The lowest BCUT2D eigenvalue weighted by atomic mass is 10.1. The average molecular weight is 265 g/mol. The summed E-state index contributed by atoms with van der Waals surface area (Å²) in [5, 5.41) is 11.2. The smallest absolute Gasteiger partial charge is 0.307 e. The van der Waals surface area contributed by atoms with E-state index in [2.05, 4.69) is 5.32 Å². The zero-order chi connectivity index (χ0) is 14.4. The van der Waals surface area contributed by atoms with Crippen molar-refractivity contribution in [2.75, 3.05) is 5.32 Å². The van der Waals surface area contributed by atoms with Crippen molar-refractivity contribution in [3.05, 3.63) is 29.8 Å². The van der Waals surface area contributed by atoms with Gasteiger partial charge in [-0.2, -0.15) is 0 Å². The molecule has 0 saturated heterocycles. The van der Waals surface area contributed by atoms with Crippen molar-refractivity contribution in [1.29, 1.82) is 0 Å². The molecule has 0 aliphatic heterocycles. The number of carboxylic acids is 1. The number of rotatable bonds is 6. The van der Waals surface area contributed by atoms with Crippen LogP contribution in [-0.2, 0) is 20.8 Å². The maximum Gasteiger partial charge on any atom is 0.307 e. The Morgan fingerprint density at radius 1 is 1.26 bits per heavy atom. The van der Waals surface area contributed by atoms with E-state index in [1.54, 1.807) is 24.3 Å². The summed E-state index contributed by atoms with van der Waals surface area (Å²) in [4.78, 5) is 33.0. The van der Waals surface area contributed by atoms with E-state index in [9.17, 15) is 14.4 Å². The molecule has 0 heterocycles. The molecule has 0 spiro atoms.